The van der Waals surface area contributed by atoms with Gasteiger partial charge >= 0.3 is 0 Å². The van der Waals surface area contributed by atoms with Gasteiger partial charge in [0.1, 0.15) is 11.5 Å². The van der Waals surface area contributed by atoms with Crippen LogP contribution in [0.25, 0.3) is 0 Å². The minimum Gasteiger partial charge on any atom is -0.496 e. The summed E-state index contributed by atoms with van der Waals surface area (Å²) >= 11 is 6.00. The highest BCUT2D eigenvalue weighted by atomic mass is 35.5. The molecule has 2 aromatic rings. The van der Waals surface area contributed by atoms with Crippen molar-refractivity contribution in [2.24, 2.45) is 5.73 Å². The molecule has 21 heavy (non-hydrogen) atoms. The van der Waals surface area contributed by atoms with Gasteiger partial charge in [-0.2, -0.15) is 0 Å². The summed E-state index contributed by atoms with van der Waals surface area (Å²) in [5, 5.41) is 0.586. The van der Waals surface area contributed by atoms with Gasteiger partial charge in [-0.15, -0.1) is 0 Å². The minimum absolute atomic E-state index is 0.0595. The van der Waals surface area contributed by atoms with Crippen LogP contribution in [-0.2, 0) is 11.2 Å². The van der Waals surface area contributed by atoms with E-state index in [4.69, 9.17) is 22.1 Å². The highest BCUT2D eigenvalue weighted by Crippen LogP contribution is 2.25. The van der Waals surface area contributed by atoms with Gasteiger partial charge in [0.15, 0.2) is 0 Å². The molecule has 4 heteroatoms. The van der Waals surface area contributed by atoms with E-state index in [1.165, 1.54) is 0 Å². The summed E-state index contributed by atoms with van der Waals surface area (Å²) in [6, 6.07) is 14.8. The van der Waals surface area contributed by atoms with E-state index in [0.29, 0.717) is 10.8 Å². The van der Waals surface area contributed by atoms with E-state index < -0.39 is 0 Å². The van der Waals surface area contributed by atoms with Gasteiger partial charge in [-0.05, 0) is 23.8 Å². The SMILES string of the molecule is COc1ccc(Cl)cc1CC(=O)C(CN)c1ccccc1. The van der Waals surface area contributed by atoms with Crippen molar-refractivity contribution < 1.29 is 9.53 Å². The zero-order valence-corrected chi connectivity index (χ0v) is 12.6. The molecule has 2 N–H and O–H groups in total. The van der Waals surface area contributed by atoms with E-state index in [1.54, 1.807) is 25.3 Å². The second-order valence-corrected chi connectivity index (χ2v) is 5.23. The maximum absolute atomic E-state index is 12.5. The molecule has 0 heterocycles. The van der Waals surface area contributed by atoms with Gasteiger partial charge in [-0.25, -0.2) is 0 Å². The smallest absolute Gasteiger partial charge is 0.146 e. The number of halogens is 1. The number of Topliss-reactive ketones (excluding diaryl/α,β-unsaturated/α-hetero) is 1. The number of nitrogens with two attached hydrogens (primary N) is 1. The van der Waals surface area contributed by atoms with Crippen molar-refractivity contribution in [1.29, 1.82) is 0 Å². The zero-order valence-electron chi connectivity index (χ0n) is 11.9. The van der Waals surface area contributed by atoms with Crippen molar-refractivity contribution in [3.63, 3.8) is 0 Å². The average Bonchev–Trinajstić information content (AvgIpc) is 2.49. The van der Waals surface area contributed by atoms with Crippen molar-refractivity contribution in [3.8, 4) is 5.75 Å². The number of rotatable bonds is 6. The molecule has 0 radical (unpaired) electrons. The van der Waals surface area contributed by atoms with Crippen LogP contribution in [0.4, 0.5) is 0 Å². The number of carbonyl (C=O) groups is 1. The predicted molar refractivity (Wildman–Crippen MR) is 85.0 cm³/mol. The Balaban J connectivity index is 2.22. The third-order valence-corrected chi connectivity index (χ3v) is 3.67. The van der Waals surface area contributed by atoms with Crippen LogP contribution in [0.1, 0.15) is 17.0 Å². The van der Waals surface area contributed by atoms with E-state index in [0.717, 1.165) is 11.1 Å². The van der Waals surface area contributed by atoms with Gasteiger partial charge in [-0.3, -0.25) is 4.79 Å². The average molecular weight is 304 g/mol. The lowest BCUT2D eigenvalue weighted by molar-refractivity contribution is -0.119. The van der Waals surface area contributed by atoms with Crippen LogP contribution < -0.4 is 10.5 Å². The molecule has 0 saturated carbocycles. The highest BCUT2D eigenvalue weighted by Gasteiger charge is 2.20. The third-order valence-electron chi connectivity index (χ3n) is 3.43. The Morgan fingerprint density at radius 2 is 1.95 bits per heavy atom. The largest absolute Gasteiger partial charge is 0.496 e. The fraction of sp³-hybridized carbons (Fsp3) is 0.235. The lowest BCUT2D eigenvalue weighted by Gasteiger charge is -2.15. The highest BCUT2D eigenvalue weighted by molar-refractivity contribution is 6.30. The van der Waals surface area contributed by atoms with Crippen molar-refractivity contribution >= 4 is 17.4 Å². The molecule has 0 aliphatic heterocycles. The number of benzene rings is 2. The fourth-order valence-corrected chi connectivity index (χ4v) is 2.53. The Bertz CT molecular complexity index is 613. The molecule has 1 unspecified atom stereocenters. The minimum atomic E-state index is -0.310. The molecule has 0 aromatic heterocycles. The van der Waals surface area contributed by atoms with Crippen LogP contribution in [0.3, 0.4) is 0 Å². The number of carbonyl (C=O) groups excluding carboxylic acids is 1. The predicted octanol–water partition coefficient (Wildman–Crippen LogP) is 3.20. The number of ketones is 1. The van der Waals surface area contributed by atoms with E-state index in [9.17, 15) is 4.79 Å². The first-order chi connectivity index (χ1) is 10.2. The van der Waals surface area contributed by atoms with Crippen LogP contribution in [0.2, 0.25) is 5.02 Å². The maximum Gasteiger partial charge on any atom is 0.146 e. The first-order valence-electron chi connectivity index (χ1n) is 6.76. The van der Waals surface area contributed by atoms with Crippen molar-refractivity contribution in [2.75, 3.05) is 13.7 Å². The summed E-state index contributed by atoms with van der Waals surface area (Å²) in [5.41, 5.74) is 7.50. The van der Waals surface area contributed by atoms with E-state index in [1.807, 2.05) is 30.3 Å². The normalized spacial score (nSPS) is 12.0. The molecule has 3 nitrogen and oxygen atoms in total. The van der Waals surface area contributed by atoms with Crippen LogP contribution in [0, 0.1) is 0 Å². The molecule has 1 atom stereocenters. The third kappa shape index (κ3) is 3.84. The van der Waals surface area contributed by atoms with Gasteiger partial charge in [0.2, 0.25) is 0 Å². The Hall–Kier alpha value is -1.84. The Morgan fingerprint density at radius 3 is 2.57 bits per heavy atom. The monoisotopic (exact) mass is 303 g/mol. The summed E-state index contributed by atoms with van der Waals surface area (Å²) in [7, 11) is 1.58. The molecule has 0 aliphatic carbocycles. The maximum atomic E-state index is 12.5. The Labute approximate surface area is 129 Å². The summed E-state index contributed by atoms with van der Waals surface area (Å²) in [5.74, 6) is 0.413. The summed E-state index contributed by atoms with van der Waals surface area (Å²) in [6.07, 6.45) is 0.250. The zero-order chi connectivity index (χ0) is 15.2. The molecule has 2 rings (SSSR count). The molecular weight excluding hydrogens is 286 g/mol. The number of methoxy groups -OCH3 is 1. The quantitative estimate of drug-likeness (QED) is 0.891. The van der Waals surface area contributed by atoms with Gasteiger partial charge in [0.25, 0.3) is 0 Å². The van der Waals surface area contributed by atoms with E-state index in [-0.39, 0.29) is 24.7 Å². The second-order valence-electron chi connectivity index (χ2n) is 4.80. The first kappa shape index (κ1) is 15.5. The van der Waals surface area contributed by atoms with Crippen LogP contribution in [0.15, 0.2) is 48.5 Å². The fourth-order valence-electron chi connectivity index (χ4n) is 2.33. The molecule has 0 amide bonds. The van der Waals surface area contributed by atoms with E-state index >= 15 is 0 Å². The summed E-state index contributed by atoms with van der Waals surface area (Å²) < 4.78 is 5.28. The molecule has 0 spiro atoms. The molecule has 0 bridgehead atoms. The van der Waals surface area contributed by atoms with Crippen LogP contribution in [0.5, 0.6) is 5.75 Å². The lowest BCUT2D eigenvalue weighted by Crippen LogP contribution is -2.23. The lowest BCUT2D eigenvalue weighted by atomic mass is 9.91. The molecule has 0 saturated heterocycles. The standard InChI is InChI=1S/C17H18ClNO2/c1-21-17-8-7-14(18)9-13(17)10-16(20)15(11-19)12-5-3-2-4-6-12/h2-9,15H,10-11,19H2,1H3. The molecule has 2 aromatic carbocycles. The Kier molecular flexibility index (Phi) is 5.37. The summed E-state index contributed by atoms with van der Waals surface area (Å²) in [6.45, 7) is 0.283. The van der Waals surface area contributed by atoms with Crippen LogP contribution >= 0.6 is 11.6 Å². The number of ether oxygens (including phenoxy) is 1. The topological polar surface area (TPSA) is 52.3 Å². The summed E-state index contributed by atoms with van der Waals surface area (Å²) in [4.78, 5) is 12.5. The van der Waals surface area contributed by atoms with E-state index in [2.05, 4.69) is 0 Å². The van der Waals surface area contributed by atoms with Crippen molar-refractivity contribution in [3.05, 3.63) is 64.7 Å². The molecule has 110 valence electrons. The number of hydrogen-bond donors (Lipinski definition) is 1. The van der Waals surface area contributed by atoms with Gasteiger partial charge in [-0.1, -0.05) is 41.9 Å². The van der Waals surface area contributed by atoms with Crippen molar-refractivity contribution in [2.45, 2.75) is 12.3 Å². The molecular formula is C17H18ClNO2. The first-order valence-corrected chi connectivity index (χ1v) is 7.13. The van der Waals surface area contributed by atoms with Gasteiger partial charge in [0.05, 0.1) is 13.0 Å². The number of hydrogen-bond acceptors (Lipinski definition) is 3. The molecule has 0 aliphatic rings. The molecule has 0 fully saturated rings. The second kappa shape index (κ2) is 7.25. The van der Waals surface area contributed by atoms with Gasteiger partial charge < -0.3 is 10.5 Å². The van der Waals surface area contributed by atoms with Crippen molar-refractivity contribution in [1.82, 2.24) is 0 Å². The Morgan fingerprint density at radius 1 is 1.24 bits per heavy atom. The van der Waals surface area contributed by atoms with Gasteiger partial charge in [0, 0.05) is 23.6 Å². The van der Waals surface area contributed by atoms with Crippen LogP contribution in [-0.4, -0.2) is 19.4 Å².